The Kier molecular flexibility index (Phi) is 3.37. The van der Waals surface area contributed by atoms with Gasteiger partial charge < -0.3 is 9.64 Å². The highest BCUT2D eigenvalue weighted by Gasteiger charge is 2.34. The fourth-order valence-corrected chi connectivity index (χ4v) is 2.21. The maximum atomic E-state index is 12.4. The first-order chi connectivity index (χ1) is 9.79. The van der Waals surface area contributed by atoms with Crippen molar-refractivity contribution >= 4 is 5.91 Å². The van der Waals surface area contributed by atoms with Gasteiger partial charge in [0.05, 0.1) is 13.7 Å². The molecule has 1 N–H and O–H groups in total. The van der Waals surface area contributed by atoms with E-state index in [0.29, 0.717) is 6.54 Å². The normalized spacial score (nSPS) is 14.1. The van der Waals surface area contributed by atoms with Crippen LogP contribution >= 0.6 is 0 Å². The SMILES string of the molecule is COc1ccccc1CN(C(=O)c1ncn[nH]1)C1CC1. The van der Waals surface area contributed by atoms with Crippen LogP contribution in [0.15, 0.2) is 30.6 Å². The predicted octanol–water partition coefficient (Wildman–Crippen LogP) is 1.62. The lowest BCUT2D eigenvalue weighted by molar-refractivity contribution is 0.0716. The fraction of sp³-hybridized carbons (Fsp3) is 0.357. The molecule has 0 atom stereocenters. The van der Waals surface area contributed by atoms with Crippen LogP contribution in [0.3, 0.4) is 0 Å². The molecule has 1 aromatic carbocycles. The molecule has 0 aliphatic heterocycles. The van der Waals surface area contributed by atoms with E-state index in [0.717, 1.165) is 24.2 Å². The third-order valence-corrected chi connectivity index (χ3v) is 3.40. The van der Waals surface area contributed by atoms with E-state index in [4.69, 9.17) is 4.74 Å². The Hall–Kier alpha value is -2.37. The molecular formula is C14H16N4O2. The van der Waals surface area contributed by atoms with Crippen molar-refractivity contribution in [1.29, 1.82) is 0 Å². The quantitative estimate of drug-likeness (QED) is 0.897. The van der Waals surface area contributed by atoms with E-state index in [1.165, 1.54) is 6.33 Å². The molecule has 0 radical (unpaired) electrons. The smallest absolute Gasteiger partial charge is 0.291 e. The van der Waals surface area contributed by atoms with Crippen molar-refractivity contribution in [3.8, 4) is 5.75 Å². The van der Waals surface area contributed by atoms with E-state index < -0.39 is 0 Å². The van der Waals surface area contributed by atoms with Crippen molar-refractivity contribution in [3.63, 3.8) is 0 Å². The average Bonchev–Trinajstić information content (AvgIpc) is 3.17. The third-order valence-electron chi connectivity index (χ3n) is 3.40. The average molecular weight is 272 g/mol. The van der Waals surface area contributed by atoms with E-state index in [2.05, 4.69) is 15.2 Å². The number of nitrogens with zero attached hydrogens (tertiary/aromatic N) is 3. The Balaban J connectivity index is 1.83. The van der Waals surface area contributed by atoms with Gasteiger partial charge >= 0.3 is 0 Å². The van der Waals surface area contributed by atoms with E-state index in [1.807, 2.05) is 29.2 Å². The maximum absolute atomic E-state index is 12.4. The standard InChI is InChI=1S/C14H16N4O2/c1-20-12-5-3-2-4-10(12)8-18(11-6-7-11)14(19)13-15-9-16-17-13/h2-5,9,11H,6-8H2,1H3,(H,15,16,17). The number of carbonyl (C=O) groups excluding carboxylic acids is 1. The topological polar surface area (TPSA) is 71.1 Å². The second-order valence-corrected chi connectivity index (χ2v) is 4.81. The van der Waals surface area contributed by atoms with Crippen molar-refractivity contribution in [2.75, 3.05) is 7.11 Å². The summed E-state index contributed by atoms with van der Waals surface area (Å²) in [6, 6.07) is 8.03. The molecule has 1 aliphatic rings. The summed E-state index contributed by atoms with van der Waals surface area (Å²) in [6.07, 6.45) is 3.42. The number of carbonyl (C=O) groups is 1. The van der Waals surface area contributed by atoms with Gasteiger partial charge in [0.15, 0.2) is 0 Å². The van der Waals surface area contributed by atoms with E-state index in [-0.39, 0.29) is 17.8 Å². The van der Waals surface area contributed by atoms with Gasteiger partial charge in [0, 0.05) is 11.6 Å². The minimum absolute atomic E-state index is 0.115. The molecule has 1 aliphatic carbocycles. The second kappa shape index (κ2) is 5.32. The Labute approximate surface area is 116 Å². The van der Waals surface area contributed by atoms with Gasteiger partial charge in [-0.1, -0.05) is 18.2 Å². The Bertz CT molecular complexity index is 593. The van der Waals surface area contributed by atoms with Crippen LogP contribution in [0.2, 0.25) is 0 Å². The summed E-state index contributed by atoms with van der Waals surface area (Å²) in [5.41, 5.74) is 0.995. The number of para-hydroxylation sites is 1. The number of H-pyrrole nitrogens is 1. The summed E-state index contributed by atoms with van der Waals surface area (Å²) in [4.78, 5) is 18.2. The van der Waals surface area contributed by atoms with Crippen molar-refractivity contribution in [2.24, 2.45) is 0 Å². The molecule has 2 aromatic rings. The summed E-state index contributed by atoms with van der Waals surface area (Å²) in [5, 5.41) is 6.37. The number of aromatic nitrogens is 3. The molecule has 1 heterocycles. The number of methoxy groups -OCH3 is 1. The first kappa shape index (κ1) is 12.7. The van der Waals surface area contributed by atoms with Crippen molar-refractivity contribution in [1.82, 2.24) is 20.1 Å². The molecule has 0 unspecified atom stereocenters. The number of aromatic amines is 1. The van der Waals surface area contributed by atoms with Crippen LogP contribution in [0.4, 0.5) is 0 Å². The monoisotopic (exact) mass is 272 g/mol. The van der Waals surface area contributed by atoms with Crippen molar-refractivity contribution in [2.45, 2.75) is 25.4 Å². The van der Waals surface area contributed by atoms with Gasteiger partial charge in [0.2, 0.25) is 5.82 Å². The first-order valence-corrected chi connectivity index (χ1v) is 6.58. The predicted molar refractivity (Wildman–Crippen MR) is 72.3 cm³/mol. The molecule has 6 nitrogen and oxygen atoms in total. The van der Waals surface area contributed by atoms with Crippen molar-refractivity contribution in [3.05, 3.63) is 42.0 Å². The number of hydrogen-bond donors (Lipinski definition) is 1. The lowest BCUT2D eigenvalue weighted by Crippen LogP contribution is -2.33. The van der Waals surface area contributed by atoms with Gasteiger partial charge in [-0.05, 0) is 18.9 Å². The fourth-order valence-electron chi connectivity index (χ4n) is 2.21. The molecule has 1 amide bonds. The number of hydrogen-bond acceptors (Lipinski definition) is 4. The third kappa shape index (κ3) is 2.49. The van der Waals surface area contributed by atoms with Crippen LogP contribution < -0.4 is 4.74 Å². The molecule has 1 saturated carbocycles. The van der Waals surface area contributed by atoms with E-state index >= 15 is 0 Å². The van der Waals surface area contributed by atoms with E-state index in [1.54, 1.807) is 7.11 Å². The molecule has 20 heavy (non-hydrogen) atoms. The molecule has 1 fully saturated rings. The molecule has 3 rings (SSSR count). The zero-order valence-electron chi connectivity index (χ0n) is 11.2. The van der Waals surface area contributed by atoms with Gasteiger partial charge in [0.25, 0.3) is 5.91 Å². The second-order valence-electron chi connectivity index (χ2n) is 4.81. The van der Waals surface area contributed by atoms with Crippen LogP contribution in [-0.4, -0.2) is 39.1 Å². The van der Waals surface area contributed by atoms with Crippen LogP contribution in [0.25, 0.3) is 0 Å². The molecule has 1 aromatic heterocycles. The van der Waals surface area contributed by atoms with Gasteiger partial charge in [-0.25, -0.2) is 4.98 Å². The number of amides is 1. The minimum Gasteiger partial charge on any atom is -0.496 e. The number of ether oxygens (including phenoxy) is 1. The highest BCUT2D eigenvalue weighted by atomic mass is 16.5. The highest BCUT2D eigenvalue weighted by Crippen LogP contribution is 2.31. The summed E-state index contributed by atoms with van der Waals surface area (Å²) in [5.74, 6) is 0.964. The van der Waals surface area contributed by atoms with Crippen LogP contribution in [0.5, 0.6) is 5.75 Å². The molecule has 0 saturated heterocycles. The summed E-state index contributed by atoms with van der Waals surface area (Å²) >= 11 is 0. The van der Waals surface area contributed by atoms with Crippen LogP contribution in [-0.2, 0) is 6.54 Å². The van der Waals surface area contributed by atoms with Crippen molar-refractivity contribution < 1.29 is 9.53 Å². The van der Waals surface area contributed by atoms with E-state index in [9.17, 15) is 4.79 Å². The van der Waals surface area contributed by atoms with Gasteiger partial charge in [0.1, 0.15) is 12.1 Å². The lowest BCUT2D eigenvalue weighted by Gasteiger charge is -2.22. The molecule has 6 heteroatoms. The van der Waals surface area contributed by atoms with Gasteiger partial charge in [-0.2, -0.15) is 5.10 Å². The number of rotatable bonds is 5. The Morgan fingerprint density at radius 3 is 2.90 bits per heavy atom. The minimum atomic E-state index is -0.115. The zero-order chi connectivity index (χ0) is 13.9. The maximum Gasteiger partial charge on any atom is 0.291 e. The summed E-state index contributed by atoms with van der Waals surface area (Å²) in [6.45, 7) is 0.522. The molecule has 0 bridgehead atoms. The first-order valence-electron chi connectivity index (χ1n) is 6.58. The largest absolute Gasteiger partial charge is 0.496 e. The molecular weight excluding hydrogens is 256 g/mol. The van der Waals surface area contributed by atoms with Crippen LogP contribution in [0, 0.1) is 0 Å². The molecule has 0 spiro atoms. The molecule has 104 valence electrons. The number of benzene rings is 1. The summed E-state index contributed by atoms with van der Waals surface area (Å²) in [7, 11) is 1.64. The van der Waals surface area contributed by atoms with Gasteiger partial charge in [-0.15, -0.1) is 0 Å². The lowest BCUT2D eigenvalue weighted by atomic mass is 10.2. The Morgan fingerprint density at radius 1 is 1.45 bits per heavy atom. The Morgan fingerprint density at radius 2 is 2.25 bits per heavy atom. The zero-order valence-corrected chi connectivity index (χ0v) is 11.2. The highest BCUT2D eigenvalue weighted by molar-refractivity contribution is 5.90. The van der Waals surface area contributed by atoms with Crippen LogP contribution in [0.1, 0.15) is 29.0 Å². The number of nitrogens with one attached hydrogen (secondary N) is 1. The summed E-state index contributed by atoms with van der Waals surface area (Å²) < 4.78 is 5.34. The van der Waals surface area contributed by atoms with Gasteiger partial charge in [-0.3, -0.25) is 9.89 Å².